The first-order chi connectivity index (χ1) is 21.9. The van der Waals surface area contributed by atoms with Crippen molar-refractivity contribution < 1.29 is 38.8 Å². The number of hydrogen-bond acceptors (Lipinski definition) is 8. The lowest BCUT2D eigenvalue weighted by molar-refractivity contribution is -0.143. The van der Waals surface area contributed by atoms with Crippen molar-refractivity contribution in [3.63, 3.8) is 0 Å². The van der Waals surface area contributed by atoms with Crippen LogP contribution in [0.2, 0.25) is 0 Å². The molecule has 2 aliphatic heterocycles. The van der Waals surface area contributed by atoms with Crippen molar-refractivity contribution in [3.05, 3.63) is 71.8 Å². The first kappa shape index (κ1) is 38.9. The number of rotatable bonds is 12. The van der Waals surface area contributed by atoms with E-state index < -0.39 is 12.7 Å². The van der Waals surface area contributed by atoms with Crippen LogP contribution in [0.5, 0.6) is 0 Å². The Morgan fingerprint density at radius 3 is 2.39 bits per heavy atom. The normalized spacial score (nSPS) is 27.4. The summed E-state index contributed by atoms with van der Waals surface area (Å²) in [5, 5.41) is 23.4. The third kappa shape index (κ3) is 15.3. The van der Waals surface area contributed by atoms with Gasteiger partial charge in [0.25, 0.3) is 0 Å². The van der Waals surface area contributed by atoms with Crippen LogP contribution in [0, 0.1) is 11.8 Å². The second-order valence-corrected chi connectivity index (χ2v) is 12.3. The number of aliphatic hydroxyl groups excluding tert-OH is 2. The predicted octanol–water partition coefficient (Wildman–Crippen LogP) is 4.16. The third-order valence-electron chi connectivity index (χ3n) is 8.03. The standard InChI is InChI=1S/C27H43NO6.C9H11NO2/c1-17(7-10-24-15-23(16-29)14-20(4)33-24)8-11-26-18(2)13-25(21(5)34-26)28-27(31)12-9-19(3)32-22(6)30;11-7-9(12)10-6-8-4-2-1-3-5-8/h7-10,12,18-21,23-26,29H,11,13-16H2,1-6H3,(H,28,31);1-5,11H,6-7H2,(H,10,12)/b10-7+,12-9-,17-8+;/t18?,19?,20-,21?,23?,24+,25?,26?;/m0./s1. The lowest BCUT2D eigenvalue weighted by atomic mass is 9.88. The summed E-state index contributed by atoms with van der Waals surface area (Å²) >= 11 is 0. The smallest absolute Gasteiger partial charge is 0.303 e. The molecule has 10 nitrogen and oxygen atoms in total. The van der Waals surface area contributed by atoms with Gasteiger partial charge in [0, 0.05) is 26.2 Å². The van der Waals surface area contributed by atoms with E-state index in [-0.39, 0.29) is 54.8 Å². The molecule has 1 aromatic rings. The minimum atomic E-state index is -0.452. The number of nitrogens with one attached hydrogen (secondary N) is 2. The zero-order valence-electron chi connectivity index (χ0n) is 28.2. The molecule has 1 aromatic carbocycles. The number of ether oxygens (including phenoxy) is 3. The largest absolute Gasteiger partial charge is 0.459 e. The summed E-state index contributed by atoms with van der Waals surface area (Å²) in [5.74, 6) is -0.334. The molecule has 0 spiro atoms. The van der Waals surface area contributed by atoms with Gasteiger partial charge in [0.05, 0.1) is 30.5 Å². The van der Waals surface area contributed by atoms with Crippen molar-refractivity contribution in [1.82, 2.24) is 10.6 Å². The van der Waals surface area contributed by atoms with E-state index in [1.54, 1.807) is 13.0 Å². The van der Waals surface area contributed by atoms with Crippen LogP contribution in [0.3, 0.4) is 0 Å². The number of carbonyl (C=O) groups is 3. The van der Waals surface area contributed by atoms with Crippen LogP contribution >= 0.6 is 0 Å². The van der Waals surface area contributed by atoms with E-state index in [1.807, 2.05) is 37.3 Å². The van der Waals surface area contributed by atoms with Crippen LogP contribution in [-0.2, 0) is 35.1 Å². The van der Waals surface area contributed by atoms with Crippen molar-refractivity contribution >= 4 is 17.8 Å². The molecule has 0 radical (unpaired) electrons. The third-order valence-corrected chi connectivity index (χ3v) is 8.03. The highest BCUT2D eigenvalue weighted by atomic mass is 16.5. The maximum atomic E-state index is 12.3. The summed E-state index contributed by atoms with van der Waals surface area (Å²) in [5.41, 5.74) is 2.19. The summed E-state index contributed by atoms with van der Waals surface area (Å²) in [7, 11) is 0. The van der Waals surface area contributed by atoms with Crippen molar-refractivity contribution in [1.29, 1.82) is 0 Å². The minimum Gasteiger partial charge on any atom is -0.459 e. The summed E-state index contributed by atoms with van der Waals surface area (Å²) in [6, 6.07) is 9.48. The Labute approximate surface area is 274 Å². The Hall–Kier alpha value is -3.31. The van der Waals surface area contributed by atoms with Crippen LogP contribution in [-0.4, -0.2) is 77.8 Å². The van der Waals surface area contributed by atoms with Crippen LogP contribution < -0.4 is 10.6 Å². The highest BCUT2D eigenvalue weighted by Gasteiger charge is 2.33. The van der Waals surface area contributed by atoms with Gasteiger partial charge in [-0.1, -0.05) is 61.1 Å². The molecule has 2 fully saturated rings. The number of amides is 2. The highest BCUT2D eigenvalue weighted by molar-refractivity contribution is 5.87. The van der Waals surface area contributed by atoms with Crippen molar-refractivity contribution in [2.24, 2.45) is 11.8 Å². The number of allylic oxidation sites excluding steroid dienone is 2. The van der Waals surface area contributed by atoms with E-state index in [0.29, 0.717) is 18.4 Å². The first-order valence-corrected chi connectivity index (χ1v) is 16.2. The number of carbonyl (C=O) groups excluding carboxylic acids is 3. The number of esters is 1. The van der Waals surface area contributed by atoms with Crippen molar-refractivity contribution in [2.75, 3.05) is 13.2 Å². The number of aliphatic hydroxyl groups is 2. The zero-order chi connectivity index (χ0) is 34.1. The average Bonchev–Trinajstić information content (AvgIpc) is 3.02. The van der Waals surface area contributed by atoms with Crippen LogP contribution in [0.1, 0.15) is 72.8 Å². The van der Waals surface area contributed by atoms with Gasteiger partial charge in [-0.2, -0.15) is 0 Å². The topological polar surface area (TPSA) is 143 Å². The minimum absolute atomic E-state index is 0.0459. The van der Waals surface area contributed by atoms with Gasteiger partial charge in [-0.15, -0.1) is 0 Å². The van der Waals surface area contributed by atoms with Gasteiger partial charge < -0.3 is 35.1 Å². The molecule has 0 aromatic heterocycles. The highest BCUT2D eigenvalue weighted by Crippen LogP contribution is 2.28. The second-order valence-electron chi connectivity index (χ2n) is 12.3. The average molecular weight is 643 g/mol. The van der Waals surface area contributed by atoms with Crippen molar-refractivity contribution in [3.8, 4) is 0 Å². The molecule has 10 heteroatoms. The van der Waals surface area contributed by atoms with Gasteiger partial charge in [0.2, 0.25) is 11.8 Å². The molecule has 256 valence electrons. The molecule has 0 aliphatic carbocycles. The van der Waals surface area contributed by atoms with Gasteiger partial charge in [0.15, 0.2) is 0 Å². The van der Waals surface area contributed by atoms with Crippen LogP contribution in [0.25, 0.3) is 0 Å². The summed E-state index contributed by atoms with van der Waals surface area (Å²) < 4.78 is 17.2. The molecule has 8 atom stereocenters. The van der Waals surface area contributed by atoms with Gasteiger partial charge in [0.1, 0.15) is 12.7 Å². The first-order valence-electron chi connectivity index (χ1n) is 16.2. The fourth-order valence-corrected chi connectivity index (χ4v) is 5.53. The Bertz CT molecular complexity index is 1170. The van der Waals surface area contributed by atoms with Crippen LogP contribution in [0.15, 0.2) is 66.3 Å². The number of benzene rings is 1. The molecular formula is C36H54N2O8. The zero-order valence-corrected chi connectivity index (χ0v) is 28.2. The Morgan fingerprint density at radius 2 is 1.74 bits per heavy atom. The molecule has 3 rings (SSSR count). The summed E-state index contributed by atoms with van der Waals surface area (Å²) in [6.07, 6.45) is 12.6. The van der Waals surface area contributed by atoms with Gasteiger partial charge in [-0.05, 0) is 76.9 Å². The quantitative estimate of drug-likeness (QED) is 0.151. The molecule has 46 heavy (non-hydrogen) atoms. The fraction of sp³-hybridized carbons (Fsp3) is 0.583. The maximum absolute atomic E-state index is 12.3. The SMILES string of the molecule is CC(=O)OC(C)/C=C\C(=O)NC1CC(C)C(C/C=C(C)/C=C/[C@@H]2CC(CO)C[C@H](C)O2)OC1C.O=C(CO)NCc1ccccc1. The Kier molecular flexibility index (Phi) is 17.5. The summed E-state index contributed by atoms with van der Waals surface area (Å²) in [4.78, 5) is 33.9. The molecular weight excluding hydrogens is 588 g/mol. The van der Waals surface area contributed by atoms with E-state index in [9.17, 15) is 19.5 Å². The molecule has 6 unspecified atom stereocenters. The predicted molar refractivity (Wildman–Crippen MR) is 177 cm³/mol. The van der Waals surface area contributed by atoms with Gasteiger partial charge in [-0.25, -0.2) is 0 Å². The van der Waals surface area contributed by atoms with E-state index in [4.69, 9.17) is 19.3 Å². The van der Waals surface area contributed by atoms with E-state index in [1.165, 1.54) is 13.0 Å². The molecule has 2 amide bonds. The van der Waals surface area contributed by atoms with E-state index in [2.05, 4.69) is 49.6 Å². The van der Waals surface area contributed by atoms with Gasteiger partial charge >= 0.3 is 5.97 Å². The maximum Gasteiger partial charge on any atom is 0.303 e. The fourth-order valence-electron chi connectivity index (χ4n) is 5.53. The Balaban J connectivity index is 0.000000512. The summed E-state index contributed by atoms with van der Waals surface area (Å²) in [6.45, 7) is 11.6. The number of hydrogen-bond donors (Lipinski definition) is 4. The molecule has 4 N–H and O–H groups in total. The van der Waals surface area contributed by atoms with Crippen molar-refractivity contribution in [2.45, 2.75) is 110 Å². The van der Waals surface area contributed by atoms with Gasteiger partial charge in [-0.3, -0.25) is 14.4 Å². The second kappa shape index (κ2) is 20.7. The molecule has 0 bridgehead atoms. The molecule has 2 aliphatic rings. The molecule has 0 saturated carbocycles. The van der Waals surface area contributed by atoms with E-state index >= 15 is 0 Å². The van der Waals surface area contributed by atoms with E-state index in [0.717, 1.165) is 36.8 Å². The lowest BCUT2D eigenvalue weighted by Gasteiger charge is -2.39. The van der Waals surface area contributed by atoms with Crippen LogP contribution in [0.4, 0.5) is 0 Å². The Morgan fingerprint density at radius 1 is 1.02 bits per heavy atom. The monoisotopic (exact) mass is 642 g/mol. The molecule has 2 saturated heterocycles. The molecule has 2 heterocycles. The lowest BCUT2D eigenvalue weighted by Crippen LogP contribution is -2.50.